The molecule has 144 valence electrons. The van der Waals surface area contributed by atoms with Crippen LogP contribution in [0.1, 0.15) is 16.2 Å². The Kier molecular flexibility index (Phi) is 4.92. The Labute approximate surface area is 159 Å². The van der Waals surface area contributed by atoms with E-state index in [1.807, 2.05) is 0 Å². The molecule has 0 aliphatic heterocycles. The van der Waals surface area contributed by atoms with Gasteiger partial charge in [0.25, 0.3) is 11.6 Å². The van der Waals surface area contributed by atoms with E-state index < -0.39 is 20.7 Å². The van der Waals surface area contributed by atoms with E-state index in [0.717, 1.165) is 6.26 Å². The SMILES string of the molecule is Cc1c(C(=O)Nc2cccc(S(C)(=O)=O)c2)nnn1-c1cccc([N+](=O)[O-])c1. The largest absolute Gasteiger partial charge is 0.320 e. The van der Waals surface area contributed by atoms with Gasteiger partial charge in [-0.25, -0.2) is 13.1 Å². The van der Waals surface area contributed by atoms with Crippen molar-refractivity contribution in [3.8, 4) is 5.69 Å². The van der Waals surface area contributed by atoms with Gasteiger partial charge in [0.15, 0.2) is 15.5 Å². The molecule has 28 heavy (non-hydrogen) atoms. The second-order valence-electron chi connectivity index (χ2n) is 5.97. The molecule has 0 fully saturated rings. The number of nitro benzene ring substituents is 1. The molecule has 1 N–H and O–H groups in total. The van der Waals surface area contributed by atoms with Crippen LogP contribution >= 0.6 is 0 Å². The average Bonchev–Trinajstić information content (AvgIpc) is 3.03. The van der Waals surface area contributed by atoms with Crippen LogP contribution in [0.4, 0.5) is 11.4 Å². The molecule has 1 heterocycles. The quantitative estimate of drug-likeness (QED) is 0.511. The van der Waals surface area contributed by atoms with E-state index in [9.17, 15) is 23.3 Å². The summed E-state index contributed by atoms with van der Waals surface area (Å²) in [5.74, 6) is -0.583. The van der Waals surface area contributed by atoms with Crippen LogP contribution in [0.25, 0.3) is 5.69 Å². The summed E-state index contributed by atoms with van der Waals surface area (Å²) >= 11 is 0. The van der Waals surface area contributed by atoms with Gasteiger partial charge in [0, 0.05) is 24.1 Å². The molecular formula is C17H15N5O5S. The fourth-order valence-electron chi connectivity index (χ4n) is 2.52. The van der Waals surface area contributed by atoms with Gasteiger partial charge in [-0.2, -0.15) is 0 Å². The first-order chi connectivity index (χ1) is 13.2. The fourth-order valence-corrected chi connectivity index (χ4v) is 3.18. The van der Waals surface area contributed by atoms with E-state index in [0.29, 0.717) is 11.4 Å². The number of aromatic nitrogens is 3. The molecule has 0 radical (unpaired) electrons. The Morgan fingerprint density at radius 1 is 1.18 bits per heavy atom. The molecule has 0 aliphatic carbocycles. The van der Waals surface area contributed by atoms with Gasteiger partial charge in [0.2, 0.25) is 0 Å². The first-order valence-corrected chi connectivity index (χ1v) is 9.84. The molecule has 0 unspecified atom stereocenters. The predicted molar refractivity (Wildman–Crippen MR) is 100 cm³/mol. The summed E-state index contributed by atoms with van der Waals surface area (Å²) in [6.07, 6.45) is 1.07. The van der Waals surface area contributed by atoms with E-state index >= 15 is 0 Å². The first kappa shape index (κ1) is 19.2. The summed E-state index contributed by atoms with van der Waals surface area (Å²) < 4.78 is 24.6. The smallest absolute Gasteiger partial charge is 0.278 e. The van der Waals surface area contributed by atoms with Crippen molar-refractivity contribution in [2.45, 2.75) is 11.8 Å². The lowest BCUT2D eigenvalue weighted by Gasteiger charge is -2.06. The molecule has 1 amide bonds. The Hall–Kier alpha value is -3.60. The maximum Gasteiger partial charge on any atom is 0.278 e. The number of hydrogen-bond donors (Lipinski definition) is 1. The zero-order valence-electron chi connectivity index (χ0n) is 14.9. The molecule has 3 aromatic rings. The number of hydrogen-bond acceptors (Lipinski definition) is 7. The predicted octanol–water partition coefficient (Wildman–Crippen LogP) is 2.14. The van der Waals surface area contributed by atoms with Gasteiger partial charge in [-0.15, -0.1) is 5.10 Å². The lowest BCUT2D eigenvalue weighted by molar-refractivity contribution is -0.384. The summed E-state index contributed by atoms with van der Waals surface area (Å²) in [6.45, 7) is 1.60. The summed E-state index contributed by atoms with van der Waals surface area (Å²) in [4.78, 5) is 23.0. The van der Waals surface area contributed by atoms with Crippen LogP contribution in [0.15, 0.2) is 53.4 Å². The molecule has 3 rings (SSSR count). The van der Waals surface area contributed by atoms with Gasteiger partial charge < -0.3 is 5.32 Å². The van der Waals surface area contributed by atoms with Crippen molar-refractivity contribution in [1.29, 1.82) is 0 Å². The minimum atomic E-state index is -3.42. The minimum absolute atomic E-state index is 0.0104. The van der Waals surface area contributed by atoms with E-state index in [1.165, 1.54) is 41.1 Å². The topological polar surface area (TPSA) is 137 Å². The van der Waals surface area contributed by atoms with Crippen molar-refractivity contribution in [3.05, 3.63) is 70.0 Å². The molecule has 0 atom stereocenters. The van der Waals surface area contributed by atoms with Crippen LogP contribution in [0.3, 0.4) is 0 Å². The number of rotatable bonds is 5. The number of benzene rings is 2. The molecule has 0 aliphatic rings. The first-order valence-electron chi connectivity index (χ1n) is 7.95. The van der Waals surface area contributed by atoms with Crippen molar-refractivity contribution in [2.75, 3.05) is 11.6 Å². The van der Waals surface area contributed by atoms with E-state index in [1.54, 1.807) is 19.1 Å². The number of carbonyl (C=O) groups is 1. The molecule has 0 bridgehead atoms. The lowest BCUT2D eigenvalue weighted by Crippen LogP contribution is -2.14. The number of carbonyl (C=O) groups excluding carboxylic acids is 1. The van der Waals surface area contributed by atoms with Gasteiger partial charge in [-0.05, 0) is 31.2 Å². The molecule has 1 aromatic heterocycles. The second kappa shape index (κ2) is 7.19. The van der Waals surface area contributed by atoms with Gasteiger partial charge in [0.05, 0.1) is 21.2 Å². The highest BCUT2D eigenvalue weighted by Gasteiger charge is 2.19. The molecule has 0 saturated heterocycles. The molecule has 2 aromatic carbocycles. The number of non-ortho nitro benzene ring substituents is 1. The van der Waals surface area contributed by atoms with Gasteiger partial charge in [-0.3, -0.25) is 14.9 Å². The van der Waals surface area contributed by atoms with Crippen LogP contribution in [0, 0.1) is 17.0 Å². The second-order valence-corrected chi connectivity index (χ2v) is 7.98. The fraction of sp³-hybridized carbons (Fsp3) is 0.118. The van der Waals surface area contributed by atoms with Crippen LogP contribution < -0.4 is 5.32 Å². The van der Waals surface area contributed by atoms with Gasteiger partial charge in [-0.1, -0.05) is 17.3 Å². The van der Waals surface area contributed by atoms with E-state index in [-0.39, 0.29) is 22.0 Å². The van der Waals surface area contributed by atoms with Crippen molar-refractivity contribution in [2.24, 2.45) is 0 Å². The summed E-state index contributed by atoms with van der Waals surface area (Å²) in [5, 5.41) is 21.3. The molecule has 11 heteroatoms. The third kappa shape index (κ3) is 3.88. The monoisotopic (exact) mass is 401 g/mol. The van der Waals surface area contributed by atoms with Crippen molar-refractivity contribution < 1.29 is 18.1 Å². The summed E-state index contributed by atoms with van der Waals surface area (Å²) in [6, 6.07) is 11.6. The number of nitrogens with zero attached hydrogens (tertiary/aromatic N) is 4. The van der Waals surface area contributed by atoms with Crippen LogP contribution in [0.5, 0.6) is 0 Å². The van der Waals surface area contributed by atoms with Crippen molar-refractivity contribution in [3.63, 3.8) is 0 Å². The lowest BCUT2D eigenvalue weighted by atomic mass is 10.2. The molecule has 10 nitrogen and oxygen atoms in total. The van der Waals surface area contributed by atoms with Crippen LogP contribution in [-0.4, -0.2) is 40.5 Å². The molecule has 0 saturated carbocycles. The standard InChI is InChI=1S/C17H15N5O5S/c1-11-16(17(23)18-12-5-3-8-15(9-12)28(2,26)27)19-20-21(11)13-6-4-7-14(10-13)22(24)25/h3-10H,1-2H3,(H,18,23). The maximum atomic E-state index is 12.5. The zero-order valence-corrected chi connectivity index (χ0v) is 15.7. The van der Waals surface area contributed by atoms with Crippen LogP contribution in [-0.2, 0) is 9.84 Å². The highest BCUT2D eigenvalue weighted by molar-refractivity contribution is 7.90. The highest BCUT2D eigenvalue weighted by Crippen LogP contribution is 2.20. The van der Waals surface area contributed by atoms with Crippen molar-refractivity contribution in [1.82, 2.24) is 15.0 Å². The molecular weight excluding hydrogens is 386 g/mol. The summed E-state index contributed by atoms with van der Waals surface area (Å²) in [5.41, 5.74) is 0.944. The third-order valence-electron chi connectivity index (χ3n) is 3.91. The van der Waals surface area contributed by atoms with E-state index in [2.05, 4.69) is 15.6 Å². The Bertz CT molecular complexity index is 1190. The Morgan fingerprint density at radius 2 is 1.89 bits per heavy atom. The number of nitro groups is 1. The summed E-state index contributed by atoms with van der Waals surface area (Å²) in [7, 11) is -3.42. The van der Waals surface area contributed by atoms with Crippen molar-refractivity contribution >= 4 is 27.1 Å². The zero-order chi connectivity index (χ0) is 20.5. The number of amides is 1. The highest BCUT2D eigenvalue weighted by atomic mass is 32.2. The average molecular weight is 401 g/mol. The third-order valence-corrected chi connectivity index (χ3v) is 5.03. The van der Waals surface area contributed by atoms with Gasteiger partial charge in [0.1, 0.15) is 0 Å². The molecule has 0 spiro atoms. The maximum absolute atomic E-state index is 12.5. The minimum Gasteiger partial charge on any atom is -0.320 e. The number of sulfone groups is 1. The normalized spacial score (nSPS) is 11.2. The Morgan fingerprint density at radius 3 is 2.57 bits per heavy atom. The van der Waals surface area contributed by atoms with Crippen LogP contribution in [0.2, 0.25) is 0 Å². The number of anilines is 1. The number of nitrogens with one attached hydrogen (secondary N) is 1. The van der Waals surface area contributed by atoms with E-state index in [4.69, 9.17) is 0 Å². The Balaban J connectivity index is 1.89. The van der Waals surface area contributed by atoms with Gasteiger partial charge >= 0.3 is 0 Å².